The van der Waals surface area contributed by atoms with Gasteiger partial charge in [0.25, 0.3) is 0 Å². The first-order chi connectivity index (χ1) is 11.5. The molecule has 0 unspecified atom stereocenters. The first-order valence-electron chi connectivity index (χ1n) is 7.86. The molecule has 2 aromatic rings. The van der Waals surface area contributed by atoms with Crippen LogP contribution < -0.4 is 5.73 Å². The number of rotatable bonds is 6. The topological polar surface area (TPSA) is 71.7 Å². The molecule has 0 saturated carbocycles. The smallest absolute Gasteiger partial charge is 0.404 e. The number of hydrogen-bond donors (Lipinski definition) is 1. The molecule has 1 aliphatic rings. The van der Waals surface area contributed by atoms with Crippen LogP contribution in [0.5, 0.6) is 0 Å². The highest BCUT2D eigenvalue weighted by Crippen LogP contribution is 2.26. The quantitative estimate of drug-likeness (QED) is 0.868. The zero-order chi connectivity index (χ0) is 17.1. The highest BCUT2D eigenvalue weighted by atomic mass is 32.1. The molecule has 0 spiro atoms. The fourth-order valence-corrected chi connectivity index (χ4v) is 3.49. The minimum Gasteiger partial charge on any atom is -0.444 e. The normalized spacial score (nSPS) is 15.5. The third-order valence-corrected chi connectivity index (χ3v) is 5.21. The molecule has 128 valence electrons. The van der Waals surface area contributed by atoms with Gasteiger partial charge in [0.1, 0.15) is 11.6 Å². The number of nitrogens with zero attached hydrogens (tertiary/aromatic N) is 3. The van der Waals surface area contributed by atoms with Gasteiger partial charge in [-0.2, -0.15) is 0 Å². The Morgan fingerprint density at radius 2 is 2.08 bits per heavy atom. The second-order valence-electron chi connectivity index (χ2n) is 6.25. The molecule has 0 radical (unpaired) electrons. The molecular formula is C17H22N4O2S. The monoisotopic (exact) mass is 346 g/mol. The lowest BCUT2D eigenvalue weighted by atomic mass is 10.1. The van der Waals surface area contributed by atoms with Crippen molar-refractivity contribution in [3.05, 3.63) is 40.9 Å². The van der Waals surface area contributed by atoms with Gasteiger partial charge in [0.05, 0.1) is 4.88 Å². The molecule has 1 saturated heterocycles. The summed E-state index contributed by atoms with van der Waals surface area (Å²) in [6, 6.07) is 9.17. The van der Waals surface area contributed by atoms with Crippen molar-refractivity contribution < 1.29 is 9.53 Å². The Kier molecular flexibility index (Phi) is 5.13. The van der Waals surface area contributed by atoms with Crippen LogP contribution in [0.3, 0.4) is 0 Å². The highest BCUT2D eigenvalue weighted by Gasteiger charge is 2.27. The number of likely N-dealkylation sites (N-methyl/N-ethyl adjacent to an activating group) is 1. The maximum absolute atomic E-state index is 10.6. The minimum atomic E-state index is -0.767. The summed E-state index contributed by atoms with van der Waals surface area (Å²) in [7, 11) is 4.27. The average Bonchev–Trinajstić information content (AvgIpc) is 2.97. The summed E-state index contributed by atoms with van der Waals surface area (Å²) in [6.07, 6.45) is 0.954. The van der Waals surface area contributed by atoms with Crippen molar-refractivity contribution in [3.63, 3.8) is 0 Å². The number of likely N-dealkylation sites (tertiary alicyclic amines) is 1. The molecule has 1 aromatic carbocycles. The number of amides is 1. The predicted octanol–water partition coefficient (Wildman–Crippen LogP) is 2.15. The Bertz CT molecular complexity index is 693. The molecule has 3 rings (SSSR count). The Balaban J connectivity index is 1.56. The van der Waals surface area contributed by atoms with Gasteiger partial charge in [0.15, 0.2) is 0 Å². The third kappa shape index (κ3) is 4.11. The second-order valence-corrected chi connectivity index (χ2v) is 7.36. The van der Waals surface area contributed by atoms with Gasteiger partial charge in [-0.15, -0.1) is 11.3 Å². The van der Waals surface area contributed by atoms with E-state index in [0.717, 1.165) is 35.1 Å². The maximum atomic E-state index is 10.6. The number of ether oxygens (including phenoxy) is 1. The molecule has 24 heavy (non-hydrogen) atoms. The molecule has 2 N–H and O–H groups in total. The number of carbonyl (C=O) groups is 1. The Labute approximate surface area is 145 Å². The van der Waals surface area contributed by atoms with Crippen LogP contribution in [0.25, 0.3) is 10.6 Å². The Morgan fingerprint density at radius 1 is 1.38 bits per heavy atom. The van der Waals surface area contributed by atoms with E-state index in [1.54, 1.807) is 6.20 Å². The van der Waals surface area contributed by atoms with Gasteiger partial charge >= 0.3 is 6.09 Å². The van der Waals surface area contributed by atoms with E-state index in [1.165, 1.54) is 16.9 Å². The second kappa shape index (κ2) is 7.29. The lowest BCUT2D eigenvalue weighted by Crippen LogP contribution is -2.56. The van der Waals surface area contributed by atoms with Gasteiger partial charge in [-0.25, -0.2) is 9.78 Å². The standard InChI is InChI=1S/C17H22N4O2S/c1-20(2)14-9-21(10-14)8-12-3-5-13(6-4-12)16-19-7-15(24-16)11-23-17(18)22/h3-7,14H,8-11H2,1-2H3,(H2,18,22). The van der Waals surface area contributed by atoms with Crippen molar-refractivity contribution >= 4 is 17.4 Å². The van der Waals surface area contributed by atoms with Crippen molar-refractivity contribution in [2.24, 2.45) is 5.73 Å². The molecule has 1 fully saturated rings. The lowest BCUT2D eigenvalue weighted by molar-refractivity contribution is 0.0574. The molecule has 2 heterocycles. The largest absolute Gasteiger partial charge is 0.444 e. The molecule has 0 bridgehead atoms. The van der Waals surface area contributed by atoms with Crippen molar-refractivity contribution in [1.82, 2.24) is 14.8 Å². The fraction of sp³-hybridized carbons (Fsp3) is 0.412. The number of aromatic nitrogens is 1. The Morgan fingerprint density at radius 3 is 2.71 bits per heavy atom. The molecule has 6 nitrogen and oxygen atoms in total. The molecule has 1 aromatic heterocycles. The number of hydrogen-bond acceptors (Lipinski definition) is 6. The van der Waals surface area contributed by atoms with Crippen LogP contribution in [0.4, 0.5) is 4.79 Å². The summed E-state index contributed by atoms with van der Waals surface area (Å²) in [5.74, 6) is 0. The Hall–Kier alpha value is -1.96. The first kappa shape index (κ1) is 16.9. The molecule has 1 amide bonds. The number of nitrogens with two attached hydrogens (primary N) is 1. The van der Waals surface area contributed by atoms with E-state index in [2.05, 4.69) is 53.1 Å². The average molecular weight is 346 g/mol. The molecular weight excluding hydrogens is 324 g/mol. The third-order valence-electron chi connectivity index (χ3n) is 4.19. The van der Waals surface area contributed by atoms with E-state index in [4.69, 9.17) is 10.5 Å². The summed E-state index contributed by atoms with van der Waals surface area (Å²) >= 11 is 1.51. The van der Waals surface area contributed by atoms with E-state index < -0.39 is 6.09 Å². The molecule has 7 heteroatoms. The van der Waals surface area contributed by atoms with Crippen LogP contribution in [-0.4, -0.2) is 54.1 Å². The van der Waals surface area contributed by atoms with E-state index in [1.807, 2.05) is 0 Å². The van der Waals surface area contributed by atoms with Gasteiger partial charge in [0, 0.05) is 37.4 Å². The summed E-state index contributed by atoms with van der Waals surface area (Å²) in [6.45, 7) is 3.42. The zero-order valence-corrected chi connectivity index (χ0v) is 14.8. The van der Waals surface area contributed by atoms with Crippen LogP contribution in [-0.2, 0) is 17.9 Å². The summed E-state index contributed by atoms with van der Waals surface area (Å²) in [5.41, 5.74) is 7.36. The molecule has 0 aliphatic carbocycles. The van der Waals surface area contributed by atoms with Gasteiger partial charge < -0.3 is 15.4 Å². The van der Waals surface area contributed by atoms with E-state index in [9.17, 15) is 4.79 Å². The first-order valence-corrected chi connectivity index (χ1v) is 8.68. The van der Waals surface area contributed by atoms with Crippen LogP contribution in [0, 0.1) is 0 Å². The fourth-order valence-electron chi connectivity index (χ4n) is 2.66. The number of carbonyl (C=O) groups excluding carboxylic acids is 1. The number of primary amides is 1. The van der Waals surface area contributed by atoms with E-state index in [-0.39, 0.29) is 6.61 Å². The number of benzene rings is 1. The van der Waals surface area contributed by atoms with Gasteiger partial charge in [-0.05, 0) is 19.7 Å². The van der Waals surface area contributed by atoms with Crippen LogP contribution >= 0.6 is 11.3 Å². The molecule has 1 aliphatic heterocycles. The summed E-state index contributed by atoms with van der Waals surface area (Å²) in [5, 5.41) is 0.918. The van der Waals surface area contributed by atoms with Crippen molar-refractivity contribution in [1.29, 1.82) is 0 Å². The van der Waals surface area contributed by atoms with Crippen LogP contribution in [0.15, 0.2) is 30.5 Å². The molecule has 0 atom stereocenters. The van der Waals surface area contributed by atoms with Gasteiger partial charge in [-0.1, -0.05) is 24.3 Å². The summed E-state index contributed by atoms with van der Waals surface area (Å²) < 4.78 is 4.78. The SMILES string of the molecule is CN(C)C1CN(Cc2ccc(-c3ncc(COC(N)=O)s3)cc2)C1. The summed E-state index contributed by atoms with van der Waals surface area (Å²) in [4.78, 5) is 20.6. The van der Waals surface area contributed by atoms with Crippen molar-refractivity contribution in [3.8, 4) is 10.6 Å². The van der Waals surface area contributed by atoms with Gasteiger partial charge in [0.2, 0.25) is 0 Å². The zero-order valence-electron chi connectivity index (χ0n) is 13.9. The predicted molar refractivity (Wildman–Crippen MR) is 94.7 cm³/mol. The van der Waals surface area contributed by atoms with Crippen LogP contribution in [0.2, 0.25) is 0 Å². The van der Waals surface area contributed by atoms with Crippen LogP contribution in [0.1, 0.15) is 10.4 Å². The highest BCUT2D eigenvalue weighted by molar-refractivity contribution is 7.15. The number of thiazole rings is 1. The van der Waals surface area contributed by atoms with Crippen molar-refractivity contribution in [2.75, 3.05) is 27.2 Å². The van der Waals surface area contributed by atoms with Crippen molar-refractivity contribution in [2.45, 2.75) is 19.2 Å². The minimum absolute atomic E-state index is 0.174. The lowest BCUT2D eigenvalue weighted by Gasteiger charge is -2.42. The van der Waals surface area contributed by atoms with E-state index >= 15 is 0 Å². The van der Waals surface area contributed by atoms with E-state index in [0.29, 0.717) is 6.04 Å². The van der Waals surface area contributed by atoms with Gasteiger partial charge in [-0.3, -0.25) is 4.90 Å². The maximum Gasteiger partial charge on any atom is 0.404 e.